The van der Waals surface area contributed by atoms with Crippen LogP contribution in [0.2, 0.25) is 0 Å². The van der Waals surface area contributed by atoms with Gasteiger partial charge in [-0.05, 0) is 38.4 Å². The van der Waals surface area contributed by atoms with Crippen LogP contribution in [0, 0.1) is 5.82 Å². The van der Waals surface area contributed by atoms with Gasteiger partial charge in [0.1, 0.15) is 11.6 Å². The maximum atomic E-state index is 14.2. The molecule has 28 heavy (non-hydrogen) atoms. The van der Waals surface area contributed by atoms with E-state index in [4.69, 9.17) is 0 Å². The highest BCUT2D eigenvalue weighted by Gasteiger charge is 2.17. The van der Waals surface area contributed by atoms with Crippen molar-refractivity contribution in [3.05, 3.63) is 60.2 Å². The first-order valence-electron chi connectivity index (χ1n) is 8.89. The van der Waals surface area contributed by atoms with Crippen molar-refractivity contribution < 1.29 is 4.39 Å². The molecule has 0 amide bonds. The first-order chi connectivity index (χ1) is 13.5. The summed E-state index contributed by atoms with van der Waals surface area (Å²) in [5, 5.41) is 20.4. The van der Waals surface area contributed by atoms with Crippen molar-refractivity contribution in [2.75, 3.05) is 26.0 Å². The van der Waals surface area contributed by atoms with Crippen LogP contribution in [0.25, 0.3) is 17.0 Å². The van der Waals surface area contributed by atoms with Crippen molar-refractivity contribution in [1.82, 2.24) is 34.5 Å². The van der Waals surface area contributed by atoms with Crippen LogP contribution in [-0.4, -0.2) is 55.1 Å². The molecule has 1 atom stereocenters. The molecule has 0 radical (unpaired) electrons. The van der Waals surface area contributed by atoms with Gasteiger partial charge >= 0.3 is 0 Å². The van der Waals surface area contributed by atoms with Crippen LogP contribution in [0.5, 0.6) is 0 Å². The van der Waals surface area contributed by atoms with E-state index in [-0.39, 0.29) is 11.9 Å². The first kappa shape index (κ1) is 18.1. The number of benzene rings is 1. The zero-order valence-corrected chi connectivity index (χ0v) is 15.9. The molecular weight excluding hydrogens is 359 g/mol. The van der Waals surface area contributed by atoms with Crippen molar-refractivity contribution in [3.8, 4) is 11.4 Å². The summed E-state index contributed by atoms with van der Waals surface area (Å²) in [5.41, 5.74) is 2.03. The SMILES string of the molecule is CN(C)C(CNc1ccc2nnc(-c3ccccc3F)n2n1)c1cnn(C)c1. The molecule has 0 spiro atoms. The van der Waals surface area contributed by atoms with Crippen molar-refractivity contribution in [1.29, 1.82) is 0 Å². The number of aryl methyl sites for hydroxylation is 1. The molecule has 4 aromatic rings. The van der Waals surface area contributed by atoms with E-state index in [1.165, 1.54) is 6.07 Å². The summed E-state index contributed by atoms with van der Waals surface area (Å²) >= 11 is 0. The standard InChI is InChI=1S/C19H21FN8/c1-26(2)16(13-10-22-27(3)12-13)11-21-17-8-9-18-23-24-19(28(18)25-17)14-6-4-5-7-15(14)20/h4-10,12,16H,11H2,1-3H3,(H,21,25). The fourth-order valence-electron chi connectivity index (χ4n) is 3.11. The molecule has 0 fully saturated rings. The number of anilines is 1. The molecule has 0 aliphatic rings. The summed E-state index contributed by atoms with van der Waals surface area (Å²) in [5.74, 6) is 0.662. The quantitative estimate of drug-likeness (QED) is 0.554. The molecule has 144 valence electrons. The Morgan fingerprint density at radius 1 is 1.14 bits per heavy atom. The van der Waals surface area contributed by atoms with E-state index in [2.05, 4.69) is 30.6 Å². The number of nitrogens with one attached hydrogen (secondary N) is 1. The van der Waals surface area contributed by atoms with E-state index >= 15 is 0 Å². The fraction of sp³-hybridized carbons (Fsp3) is 0.263. The predicted octanol–water partition coefficient (Wildman–Crippen LogP) is 2.38. The highest BCUT2D eigenvalue weighted by Crippen LogP contribution is 2.22. The zero-order valence-electron chi connectivity index (χ0n) is 15.9. The van der Waals surface area contributed by atoms with Crippen molar-refractivity contribution in [2.24, 2.45) is 7.05 Å². The number of hydrogen-bond donors (Lipinski definition) is 1. The lowest BCUT2D eigenvalue weighted by Crippen LogP contribution is -2.27. The Kier molecular flexibility index (Phi) is 4.74. The van der Waals surface area contributed by atoms with Gasteiger partial charge < -0.3 is 10.2 Å². The number of halogens is 1. The highest BCUT2D eigenvalue weighted by molar-refractivity contribution is 5.60. The molecule has 0 saturated carbocycles. The molecule has 9 heteroatoms. The second-order valence-electron chi connectivity index (χ2n) is 6.80. The predicted molar refractivity (Wildman–Crippen MR) is 104 cm³/mol. The summed E-state index contributed by atoms with van der Waals surface area (Å²) in [6.45, 7) is 0.633. The average molecular weight is 380 g/mol. The molecular formula is C19H21FN8. The Morgan fingerprint density at radius 3 is 2.68 bits per heavy atom. The fourth-order valence-corrected chi connectivity index (χ4v) is 3.11. The zero-order chi connectivity index (χ0) is 19.7. The summed E-state index contributed by atoms with van der Waals surface area (Å²) in [7, 11) is 5.94. The van der Waals surface area contributed by atoms with E-state index in [0.717, 1.165) is 5.56 Å². The lowest BCUT2D eigenvalue weighted by atomic mass is 10.1. The van der Waals surface area contributed by atoms with Crippen LogP contribution < -0.4 is 5.32 Å². The van der Waals surface area contributed by atoms with E-state index < -0.39 is 0 Å². The summed E-state index contributed by atoms with van der Waals surface area (Å²) in [4.78, 5) is 2.12. The maximum Gasteiger partial charge on any atom is 0.188 e. The van der Waals surface area contributed by atoms with Gasteiger partial charge in [-0.25, -0.2) is 4.39 Å². The number of fused-ring (bicyclic) bond motifs is 1. The smallest absolute Gasteiger partial charge is 0.188 e. The Balaban J connectivity index is 1.61. The van der Waals surface area contributed by atoms with Crippen LogP contribution in [0.4, 0.5) is 10.2 Å². The van der Waals surface area contributed by atoms with Crippen LogP contribution in [0.1, 0.15) is 11.6 Å². The molecule has 1 N–H and O–H groups in total. The topological polar surface area (TPSA) is 76.2 Å². The number of hydrogen-bond acceptors (Lipinski definition) is 6. The molecule has 1 aromatic carbocycles. The van der Waals surface area contributed by atoms with Gasteiger partial charge in [0.25, 0.3) is 0 Å². The van der Waals surface area contributed by atoms with Crippen LogP contribution >= 0.6 is 0 Å². The number of aromatic nitrogens is 6. The Bertz CT molecular complexity index is 1100. The van der Waals surface area contributed by atoms with E-state index in [9.17, 15) is 4.39 Å². The highest BCUT2D eigenvalue weighted by atomic mass is 19.1. The average Bonchev–Trinajstić information content (AvgIpc) is 3.28. The van der Waals surface area contributed by atoms with Gasteiger partial charge in [-0.2, -0.15) is 9.61 Å². The summed E-state index contributed by atoms with van der Waals surface area (Å²) in [6, 6.07) is 10.2. The lowest BCUT2D eigenvalue weighted by Gasteiger charge is -2.23. The number of rotatable bonds is 6. The molecule has 1 unspecified atom stereocenters. The number of nitrogens with zero attached hydrogens (tertiary/aromatic N) is 7. The first-order valence-corrected chi connectivity index (χ1v) is 8.89. The Labute approximate surface area is 161 Å². The van der Waals surface area contributed by atoms with Gasteiger partial charge in [-0.1, -0.05) is 12.1 Å². The molecule has 3 heterocycles. The summed E-state index contributed by atoms with van der Waals surface area (Å²) in [6.07, 6.45) is 3.86. The third kappa shape index (κ3) is 3.44. The van der Waals surface area contributed by atoms with Gasteiger partial charge in [0.15, 0.2) is 11.5 Å². The van der Waals surface area contributed by atoms with Crippen LogP contribution in [0.3, 0.4) is 0 Å². The van der Waals surface area contributed by atoms with E-state index in [1.54, 1.807) is 33.5 Å². The van der Waals surface area contributed by atoms with Crippen LogP contribution in [-0.2, 0) is 7.05 Å². The third-order valence-corrected chi connectivity index (χ3v) is 4.59. The minimum Gasteiger partial charge on any atom is -0.367 e. The molecule has 0 aliphatic heterocycles. The molecule has 4 rings (SSSR count). The van der Waals surface area contributed by atoms with Crippen LogP contribution in [0.15, 0.2) is 48.8 Å². The number of likely N-dealkylation sites (N-methyl/N-ethyl adjacent to an activating group) is 1. The normalized spacial score (nSPS) is 12.6. The van der Waals surface area contributed by atoms with E-state index in [0.29, 0.717) is 29.4 Å². The van der Waals surface area contributed by atoms with Crippen molar-refractivity contribution >= 4 is 11.5 Å². The van der Waals surface area contributed by atoms with E-state index in [1.807, 2.05) is 39.6 Å². The third-order valence-electron chi connectivity index (χ3n) is 4.59. The minimum atomic E-state index is -0.360. The monoisotopic (exact) mass is 380 g/mol. The Hall–Kier alpha value is -3.33. The molecule has 0 aliphatic carbocycles. The minimum absolute atomic E-state index is 0.123. The maximum absolute atomic E-state index is 14.2. The second kappa shape index (κ2) is 7.35. The molecule has 0 saturated heterocycles. The van der Waals surface area contributed by atoms with Gasteiger partial charge in [0.05, 0.1) is 17.8 Å². The van der Waals surface area contributed by atoms with Gasteiger partial charge in [0, 0.05) is 25.4 Å². The second-order valence-corrected chi connectivity index (χ2v) is 6.80. The molecule has 0 bridgehead atoms. The van der Waals surface area contributed by atoms with Crippen molar-refractivity contribution in [3.63, 3.8) is 0 Å². The molecule has 3 aromatic heterocycles. The molecule has 8 nitrogen and oxygen atoms in total. The van der Waals surface area contributed by atoms with Gasteiger partial charge in [-0.3, -0.25) is 4.68 Å². The summed E-state index contributed by atoms with van der Waals surface area (Å²) < 4.78 is 17.5. The largest absolute Gasteiger partial charge is 0.367 e. The lowest BCUT2D eigenvalue weighted by molar-refractivity contribution is 0.311. The van der Waals surface area contributed by atoms with Gasteiger partial charge in [-0.15, -0.1) is 15.3 Å². The Morgan fingerprint density at radius 2 is 1.96 bits per heavy atom. The van der Waals surface area contributed by atoms with Crippen molar-refractivity contribution in [2.45, 2.75) is 6.04 Å². The van der Waals surface area contributed by atoms with Gasteiger partial charge in [0.2, 0.25) is 0 Å².